The molecule has 2 amide bonds. The number of nitrogens with one attached hydrogen (secondary N) is 1. The summed E-state index contributed by atoms with van der Waals surface area (Å²) in [6, 6.07) is 8.96. The highest BCUT2D eigenvalue weighted by atomic mass is 19.1. The fourth-order valence-corrected chi connectivity index (χ4v) is 2.82. The molecule has 6 nitrogen and oxygen atoms in total. The number of hydrogen-bond donors (Lipinski definition) is 1. The van der Waals surface area contributed by atoms with Crippen molar-refractivity contribution in [3.63, 3.8) is 0 Å². The van der Waals surface area contributed by atoms with Crippen LogP contribution in [0, 0.1) is 17.6 Å². The number of hydrogen-bond acceptors (Lipinski definition) is 4. The second-order valence-electron chi connectivity index (χ2n) is 6.16. The number of ether oxygens (including phenoxy) is 1. The quantitative estimate of drug-likeness (QED) is 0.660. The highest BCUT2D eigenvalue weighted by molar-refractivity contribution is 5.99. The predicted molar refractivity (Wildman–Crippen MR) is 93.2 cm³/mol. The highest BCUT2D eigenvalue weighted by Crippen LogP contribution is 2.28. The van der Waals surface area contributed by atoms with Crippen molar-refractivity contribution in [2.75, 3.05) is 16.8 Å². The minimum Gasteiger partial charge on any atom is -0.426 e. The lowest BCUT2D eigenvalue weighted by atomic mass is 10.1. The molecule has 1 aliphatic heterocycles. The van der Waals surface area contributed by atoms with E-state index in [1.54, 1.807) is 12.1 Å². The van der Waals surface area contributed by atoms with E-state index < -0.39 is 29.4 Å². The Balaban J connectivity index is 1.66. The molecule has 8 heteroatoms. The standard InChI is InChI=1S/C19H16F2N2O4/c1-11(24)22-15-2-4-17(5-3-15)27-19(26)12-6-18(25)23(10-12)16-8-13(20)7-14(21)9-16/h2-5,7-9,12H,6,10H2,1H3,(H,22,24). The lowest BCUT2D eigenvalue weighted by molar-refractivity contribution is -0.139. The minimum atomic E-state index is -0.803. The predicted octanol–water partition coefficient (Wildman–Crippen LogP) is 2.88. The first-order valence-corrected chi connectivity index (χ1v) is 8.17. The van der Waals surface area contributed by atoms with Gasteiger partial charge in [-0.25, -0.2) is 8.78 Å². The molecule has 3 rings (SSSR count). The number of benzene rings is 2. The Morgan fingerprint density at radius 3 is 2.33 bits per heavy atom. The Kier molecular flexibility index (Phi) is 5.16. The third-order valence-electron chi connectivity index (χ3n) is 4.01. The molecule has 0 saturated carbocycles. The summed E-state index contributed by atoms with van der Waals surface area (Å²) < 4.78 is 32.0. The molecule has 0 aliphatic carbocycles. The fourth-order valence-electron chi connectivity index (χ4n) is 2.82. The third-order valence-corrected chi connectivity index (χ3v) is 4.01. The van der Waals surface area contributed by atoms with Crippen LogP contribution in [0.15, 0.2) is 42.5 Å². The lowest BCUT2D eigenvalue weighted by Crippen LogP contribution is -2.27. The molecule has 1 atom stereocenters. The van der Waals surface area contributed by atoms with Crippen molar-refractivity contribution in [3.8, 4) is 5.75 Å². The molecule has 1 heterocycles. The van der Waals surface area contributed by atoms with Crippen LogP contribution in [0.3, 0.4) is 0 Å². The Morgan fingerprint density at radius 2 is 1.74 bits per heavy atom. The van der Waals surface area contributed by atoms with E-state index in [1.807, 2.05) is 0 Å². The maximum atomic E-state index is 13.4. The van der Waals surface area contributed by atoms with Crippen molar-refractivity contribution in [2.24, 2.45) is 5.92 Å². The average molecular weight is 374 g/mol. The zero-order chi connectivity index (χ0) is 19.6. The van der Waals surface area contributed by atoms with Crippen molar-refractivity contribution in [1.29, 1.82) is 0 Å². The largest absolute Gasteiger partial charge is 0.426 e. The maximum Gasteiger partial charge on any atom is 0.316 e. The zero-order valence-electron chi connectivity index (χ0n) is 14.4. The van der Waals surface area contributed by atoms with Crippen LogP contribution in [0.4, 0.5) is 20.2 Å². The van der Waals surface area contributed by atoms with Gasteiger partial charge in [0.1, 0.15) is 17.4 Å². The van der Waals surface area contributed by atoms with Crippen LogP contribution in [0.2, 0.25) is 0 Å². The summed E-state index contributed by atoms with van der Waals surface area (Å²) >= 11 is 0. The summed E-state index contributed by atoms with van der Waals surface area (Å²) in [5.41, 5.74) is 0.616. The first kappa shape index (κ1) is 18.5. The topological polar surface area (TPSA) is 75.7 Å². The van der Waals surface area contributed by atoms with Gasteiger partial charge in [0.05, 0.1) is 5.92 Å². The van der Waals surface area contributed by atoms with Gasteiger partial charge in [-0.05, 0) is 36.4 Å². The fraction of sp³-hybridized carbons (Fsp3) is 0.211. The van der Waals surface area contributed by atoms with Crippen LogP contribution >= 0.6 is 0 Å². The number of carbonyl (C=O) groups excluding carboxylic acids is 3. The Hall–Kier alpha value is -3.29. The Morgan fingerprint density at radius 1 is 1.11 bits per heavy atom. The first-order valence-electron chi connectivity index (χ1n) is 8.17. The van der Waals surface area contributed by atoms with Gasteiger partial charge in [0.25, 0.3) is 0 Å². The van der Waals surface area contributed by atoms with Crippen LogP contribution in [-0.4, -0.2) is 24.3 Å². The van der Waals surface area contributed by atoms with Crippen LogP contribution in [0.5, 0.6) is 5.75 Å². The lowest BCUT2D eigenvalue weighted by Gasteiger charge is -2.16. The van der Waals surface area contributed by atoms with Crippen molar-refractivity contribution in [3.05, 3.63) is 54.1 Å². The normalized spacial score (nSPS) is 16.3. The SMILES string of the molecule is CC(=O)Nc1ccc(OC(=O)C2CC(=O)N(c3cc(F)cc(F)c3)C2)cc1. The maximum absolute atomic E-state index is 13.4. The van der Waals surface area contributed by atoms with Gasteiger partial charge >= 0.3 is 5.97 Å². The van der Waals surface area contributed by atoms with Gasteiger partial charge in [0.2, 0.25) is 11.8 Å². The van der Waals surface area contributed by atoms with Gasteiger partial charge < -0.3 is 15.0 Å². The molecule has 1 N–H and O–H groups in total. The van der Waals surface area contributed by atoms with Crippen LogP contribution in [0.1, 0.15) is 13.3 Å². The number of rotatable bonds is 4. The monoisotopic (exact) mass is 374 g/mol. The number of nitrogens with zero attached hydrogens (tertiary/aromatic N) is 1. The van der Waals surface area contributed by atoms with E-state index in [2.05, 4.69) is 5.32 Å². The summed E-state index contributed by atoms with van der Waals surface area (Å²) in [6.07, 6.45) is -0.110. The molecule has 2 aromatic rings. The molecule has 0 spiro atoms. The van der Waals surface area contributed by atoms with Crippen molar-refractivity contribution >= 4 is 29.2 Å². The second-order valence-corrected chi connectivity index (χ2v) is 6.16. The number of halogens is 2. The van der Waals surface area contributed by atoms with E-state index in [4.69, 9.17) is 4.74 Å². The molecule has 0 bridgehead atoms. The van der Waals surface area contributed by atoms with Gasteiger partial charge in [-0.15, -0.1) is 0 Å². The van der Waals surface area contributed by atoms with E-state index in [0.717, 1.165) is 17.0 Å². The summed E-state index contributed by atoms with van der Waals surface area (Å²) in [4.78, 5) is 36.6. The molecule has 140 valence electrons. The second kappa shape index (κ2) is 7.53. The number of anilines is 2. The molecule has 1 saturated heterocycles. The summed E-state index contributed by atoms with van der Waals surface area (Å²) in [6.45, 7) is 1.35. The average Bonchev–Trinajstić information content (AvgIpc) is 2.97. The van der Waals surface area contributed by atoms with E-state index >= 15 is 0 Å². The van der Waals surface area contributed by atoms with Gasteiger partial charge in [-0.3, -0.25) is 14.4 Å². The van der Waals surface area contributed by atoms with E-state index in [1.165, 1.54) is 19.1 Å². The number of amides is 2. The van der Waals surface area contributed by atoms with Crippen LogP contribution in [-0.2, 0) is 14.4 Å². The molecule has 1 fully saturated rings. The number of esters is 1. The summed E-state index contributed by atoms with van der Waals surface area (Å²) in [7, 11) is 0. The van der Waals surface area contributed by atoms with Gasteiger partial charge in [0.15, 0.2) is 0 Å². The molecule has 2 aromatic carbocycles. The molecular formula is C19H16F2N2O4. The van der Waals surface area contributed by atoms with Crippen LogP contribution in [0.25, 0.3) is 0 Å². The Labute approximate surface area is 153 Å². The van der Waals surface area contributed by atoms with Gasteiger partial charge in [-0.1, -0.05) is 0 Å². The van der Waals surface area contributed by atoms with Gasteiger partial charge in [0, 0.05) is 37.3 Å². The Bertz CT molecular complexity index is 879. The number of carbonyl (C=O) groups is 3. The van der Waals surface area contributed by atoms with E-state index in [-0.39, 0.29) is 30.3 Å². The molecule has 0 radical (unpaired) electrons. The van der Waals surface area contributed by atoms with E-state index in [0.29, 0.717) is 11.8 Å². The van der Waals surface area contributed by atoms with Crippen molar-refractivity contribution in [2.45, 2.75) is 13.3 Å². The van der Waals surface area contributed by atoms with Crippen molar-refractivity contribution < 1.29 is 27.9 Å². The van der Waals surface area contributed by atoms with Crippen LogP contribution < -0.4 is 15.0 Å². The van der Waals surface area contributed by atoms with Crippen molar-refractivity contribution in [1.82, 2.24) is 0 Å². The zero-order valence-corrected chi connectivity index (χ0v) is 14.4. The first-order chi connectivity index (χ1) is 12.8. The molecule has 0 aromatic heterocycles. The summed E-state index contributed by atoms with van der Waals surface area (Å²) in [5.74, 6) is -3.35. The molecule has 1 unspecified atom stereocenters. The van der Waals surface area contributed by atoms with Gasteiger partial charge in [-0.2, -0.15) is 0 Å². The smallest absolute Gasteiger partial charge is 0.316 e. The van der Waals surface area contributed by atoms with E-state index in [9.17, 15) is 23.2 Å². The molecule has 27 heavy (non-hydrogen) atoms. The minimum absolute atomic E-state index is 0.0233. The molecule has 1 aliphatic rings. The highest BCUT2D eigenvalue weighted by Gasteiger charge is 2.36. The summed E-state index contributed by atoms with van der Waals surface area (Å²) in [5, 5.41) is 2.59. The molecular weight excluding hydrogens is 358 g/mol. The third kappa shape index (κ3) is 4.46.